The molecule has 3 aromatic rings. The van der Waals surface area contributed by atoms with Gasteiger partial charge in [-0.05, 0) is 30.7 Å². The number of benzene rings is 1. The van der Waals surface area contributed by atoms with Crippen LogP contribution in [0.4, 0.5) is 0 Å². The van der Waals surface area contributed by atoms with Crippen molar-refractivity contribution < 1.29 is 19.1 Å². The number of aromatic nitrogens is 2. The highest BCUT2D eigenvalue weighted by atomic mass is 16.5. The van der Waals surface area contributed by atoms with Gasteiger partial charge in [-0.3, -0.25) is 0 Å². The minimum Gasteiger partial charge on any atom is -0.497 e. The van der Waals surface area contributed by atoms with E-state index in [9.17, 15) is 9.59 Å². The van der Waals surface area contributed by atoms with Crippen LogP contribution in [0.2, 0.25) is 0 Å². The number of ether oxygens (including phenoxy) is 2. The number of imidazole rings is 1. The maximum Gasteiger partial charge on any atom is 0.339 e. The van der Waals surface area contributed by atoms with Crippen LogP contribution in [0.3, 0.4) is 0 Å². The molecule has 26 heavy (non-hydrogen) atoms. The SMILES string of the molecule is COC(=O)c1ccc2nc(-c3cccc(OC)c3)c(CC(C)C=O)n2c1. The van der Waals surface area contributed by atoms with Crippen LogP contribution in [0, 0.1) is 5.92 Å². The molecule has 3 rings (SSSR count). The van der Waals surface area contributed by atoms with Gasteiger partial charge >= 0.3 is 5.97 Å². The zero-order chi connectivity index (χ0) is 18.7. The molecule has 0 bridgehead atoms. The topological polar surface area (TPSA) is 69.9 Å². The smallest absolute Gasteiger partial charge is 0.339 e. The predicted molar refractivity (Wildman–Crippen MR) is 97.5 cm³/mol. The molecule has 0 fully saturated rings. The Kier molecular flexibility index (Phi) is 5.02. The summed E-state index contributed by atoms with van der Waals surface area (Å²) in [6.45, 7) is 1.85. The van der Waals surface area contributed by atoms with Crippen molar-refractivity contribution in [1.82, 2.24) is 9.38 Å². The van der Waals surface area contributed by atoms with Gasteiger partial charge in [-0.15, -0.1) is 0 Å². The molecule has 0 spiro atoms. The number of aldehydes is 1. The third kappa shape index (κ3) is 3.31. The van der Waals surface area contributed by atoms with Gasteiger partial charge in [0.05, 0.1) is 31.2 Å². The summed E-state index contributed by atoms with van der Waals surface area (Å²) in [5.74, 6) is 0.128. The summed E-state index contributed by atoms with van der Waals surface area (Å²) < 4.78 is 12.0. The van der Waals surface area contributed by atoms with E-state index < -0.39 is 5.97 Å². The third-order valence-corrected chi connectivity index (χ3v) is 4.23. The number of carbonyl (C=O) groups is 2. The molecule has 0 aliphatic carbocycles. The van der Waals surface area contributed by atoms with Crippen LogP contribution in [-0.4, -0.2) is 35.9 Å². The Hall–Kier alpha value is -3.15. The van der Waals surface area contributed by atoms with Gasteiger partial charge in [-0.2, -0.15) is 0 Å². The number of hydrogen-bond acceptors (Lipinski definition) is 5. The molecule has 1 atom stereocenters. The Morgan fingerprint density at radius 1 is 1.27 bits per heavy atom. The maximum absolute atomic E-state index is 11.9. The largest absolute Gasteiger partial charge is 0.497 e. The van der Waals surface area contributed by atoms with E-state index in [2.05, 4.69) is 0 Å². The van der Waals surface area contributed by atoms with Crippen LogP contribution in [-0.2, 0) is 16.0 Å². The van der Waals surface area contributed by atoms with Crippen molar-refractivity contribution >= 4 is 17.9 Å². The van der Waals surface area contributed by atoms with Crippen LogP contribution in [0.5, 0.6) is 5.75 Å². The molecule has 0 N–H and O–H groups in total. The fraction of sp³-hybridized carbons (Fsp3) is 0.250. The molecule has 2 aromatic heterocycles. The fourth-order valence-corrected chi connectivity index (χ4v) is 2.88. The number of esters is 1. The van der Waals surface area contributed by atoms with Crippen molar-refractivity contribution in [2.45, 2.75) is 13.3 Å². The Bertz CT molecular complexity index is 962. The molecule has 0 radical (unpaired) electrons. The number of nitrogens with zero attached hydrogens (tertiary/aromatic N) is 2. The fourth-order valence-electron chi connectivity index (χ4n) is 2.88. The Balaban J connectivity index is 2.21. The van der Waals surface area contributed by atoms with Crippen LogP contribution in [0.25, 0.3) is 16.9 Å². The molecular formula is C20H20N2O4. The average molecular weight is 352 g/mol. The van der Waals surface area contributed by atoms with Gasteiger partial charge in [0.15, 0.2) is 0 Å². The van der Waals surface area contributed by atoms with E-state index in [1.807, 2.05) is 35.6 Å². The lowest BCUT2D eigenvalue weighted by Crippen LogP contribution is -2.07. The minimum absolute atomic E-state index is 0.180. The van der Waals surface area contributed by atoms with Gasteiger partial charge in [0.25, 0.3) is 0 Å². The molecule has 0 saturated heterocycles. The van der Waals surface area contributed by atoms with Crippen molar-refractivity contribution in [2.24, 2.45) is 5.92 Å². The van der Waals surface area contributed by atoms with Crippen LogP contribution < -0.4 is 4.74 Å². The number of rotatable bonds is 6. The first kappa shape index (κ1) is 17.7. The number of hydrogen-bond donors (Lipinski definition) is 0. The Morgan fingerprint density at radius 2 is 2.08 bits per heavy atom. The molecule has 2 heterocycles. The van der Waals surface area contributed by atoms with Crippen LogP contribution >= 0.6 is 0 Å². The van der Waals surface area contributed by atoms with Crippen molar-refractivity contribution in [1.29, 1.82) is 0 Å². The number of methoxy groups -OCH3 is 2. The van der Waals surface area contributed by atoms with Crippen molar-refractivity contribution in [3.8, 4) is 17.0 Å². The monoisotopic (exact) mass is 352 g/mol. The summed E-state index contributed by atoms with van der Waals surface area (Å²) in [6.07, 6.45) is 3.12. The lowest BCUT2D eigenvalue weighted by molar-refractivity contribution is -0.110. The summed E-state index contributed by atoms with van der Waals surface area (Å²) >= 11 is 0. The second kappa shape index (κ2) is 7.39. The van der Waals surface area contributed by atoms with Gasteiger partial charge in [0.2, 0.25) is 0 Å². The molecule has 1 aromatic carbocycles. The number of carbonyl (C=O) groups excluding carboxylic acids is 2. The molecule has 0 aliphatic rings. The standard InChI is InChI=1S/C20H20N2O4/c1-13(12-23)9-17-19(14-5-4-6-16(10-14)25-2)21-18-8-7-15(11-22(17)18)20(24)26-3/h4-8,10-13H,9H2,1-3H3. The van der Waals surface area contributed by atoms with E-state index in [1.165, 1.54) is 7.11 Å². The molecule has 134 valence electrons. The van der Waals surface area contributed by atoms with Gasteiger partial charge < -0.3 is 18.7 Å². The first-order chi connectivity index (χ1) is 12.6. The van der Waals surface area contributed by atoms with Gasteiger partial charge in [0.1, 0.15) is 17.7 Å². The Labute approximate surface area is 151 Å². The predicted octanol–water partition coefficient (Wildman–Crippen LogP) is 3.17. The van der Waals surface area contributed by atoms with Crippen molar-refractivity contribution in [3.05, 3.63) is 53.9 Å². The molecular weight excluding hydrogens is 332 g/mol. The van der Waals surface area contributed by atoms with Crippen LogP contribution in [0.15, 0.2) is 42.6 Å². The van der Waals surface area contributed by atoms with Gasteiger partial charge in [0, 0.05) is 17.7 Å². The Morgan fingerprint density at radius 3 is 2.77 bits per heavy atom. The first-order valence-corrected chi connectivity index (χ1v) is 8.26. The molecule has 1 unspecified atom stereocenters. The molecule has 6 nitrogen and oxygen atoms in total. The third-order valence-electron chi connectivity index (χ3n) is 4.23. The minimum atomic E-state index is -0.419. The zero-order valence-electron chi connectivity index (χ0n) is 14.9. The van der Waals surface area contributed by atoms with E-state index in [4.69, 9.17) is 14.5 Å². The van der Waals surface area contributed by atoms with E-state index in [0.717, 1.165) is 29.0 Å². The number of fused-ring (bicyclic) bond motifs is 1. The quantitative estimate of drug-likeness (QED) is 0.503. The van der Waals surface area contributed by atoms with Crippen molar-refractivity contribution in [3.63, 3.8) is 0 Å². The average Bonchev–Trinajstić information content (AvgIpc) is 3.04. The van der Waals surface area contributed by atoms with Gasteiger partial charge in [-0.1, -0.05) is 19.1 Å². The highest BCUT2D eigenvalue weighted by molar-refractivity contribution is 5.89. The van der Waals surface area contributed by atoms with Crippen LogP contribution in [0.1, 0.15) is 23.0 Å². The van der Waals surface area contributed by atoms with E-state index in [1.54, 1.807) is 25.4 Å². The molecule has 0 saturated carbocycles. The summed E-state index contributed by atoms with van der Waals surface area (Å²) in [5.41, 5.74) is 3.64. The molecule has 0 amide bonds. The van der Waals surface area contributed by atoms with Crippen molar-refractivity contribution in [2.75, 3.05) is 14.2 Å². The maximum atomic E-state index is 11.9. The molecule has 6 heteroatoms. The second-order valence-corrected chi connectivity index (χ2v) is 6.09. The van der Waals surface area contributed by atoms with E-state index >= 15 is 0 Å². The lowest BCUT2D eigenvalue weighted by atomic mass is 10.0. The second-order valence-electron chi connectivity index (χ2n) is 6.09. The normalized spacial score (nSPS) is 12.0. The number of pyridine rings is 1. The van der Waals surface area contributed by atoms with E-state index in [0.29, 0.717) is 17.6 Å². The first-order valence-electron chi connectivity index (χ1n) is 8.26. The summed E-state index contributed by atoms with van der Waals surface area (Å²) in [6, 6.07) is 11.0. The molecule has 0 aliphatic heterocycles. The van der Waals surface area contributed by atoms with Gasteiger partial charge in [-0.25, -0.2) is 9.78 Å². The van der Waals surface area contributed by atoms with E-state index in [-0.39, 0.29) is 5.92 Å². The summed E-state index contributed by atoms with van der Waals surface area (Å²) in [5, 5.41) is 0. The lowest BCUT2D eigenvalue weighted by Gasteiger charge is -2.09. The zero-order valence-corrected chi connectivity index (χ0v) is 14.9. The summed E-state index contributed by atoms with van der Waals surface area (Å²) in [7, 11) is 2.96. The highest BCUT2D eigenvalue weighted by Crippen LogP contribution is 2.29. The summed E-state index contributed by atoms with van der Waals surface area (Å²) in [4.78, 5) is 27.8. The highest BCUT2D eigenvalue weighted by Gasteiger charge is 2.18.